The molecule has 152 valence electrons. The molecule has 2 amide bonds. The van der Waals surface area contributed by atoms with Crippen LogP contribution in [0.1, 0.15) is 27.0 Å². The first kappa shape index (κ1) is 19.1. The smallest absolute Gasteiger partial charge is 0.275 e. The summed E-state index contributed by atoms with van der Waals surface area (Å²) in [6, 6.07) is 7.66. The molecule has 3 heterocycles. The number of aromatic nitrogens is 5. The van der Waals surface area contributed by atoms with Crippen molar-refractivity contribution in [2.45, 2.75) is 6.04 Å². The molecule has 0 aliphatic carbocycles. The van der Waals surface area contributed by atoms with Gasteiger partial charge in [-0.2, -0.15) is 5.10 Å². The quantitative estimate of drug-likeness (QED) is 0.603. The monoisotopic (exact) mass is 397 g/mol. The molecule has 10 nitrogen and oxygen atoms in total. The largest absolute Gasteiger partial charge is 0.383 e. The van der Waals surface area contributed by atoms with Gasteiger partial charge in [-0.25, -0.2) is 4.68 Å². The van der Waals surface area contributed by atoms with E-state index in [1.54, 1.807) is 39.5 Å². The minimum absolute atomic E-state index is 0.00717. The van der Waals surface area contributed by atoms with Crippen molar-refractivity contribution >= 4 is 22.7 Å². The average Bonchev–Trinajstić information content (AvgIpc) is 3.30. The van der Waals surface area contributed by atoms with Gasteiger partial charge in [0.15, 0.2) is 11.4 Å². The van der Waals surface area contributed by atoms with Crippen LogP contribution in [0.3, 0.4) is 0 Å². The summed E-state index contributed by atoms with van der Waals surface area (Å²) in [5.41, 5.74) is 1.66. The summed E-state index contributed by atoms with van der Waals surface area (Å²) < 4.78 is 8.36. The Balaban J connectivity index is 1.40. The summed E-state index contributed by atoms with van der Waals surface area (Å²) in [4.78, 5) is 28.5. The number of amides is 2. The standard InChI is InChI=1S/C19H23N7O3/c1-23(8-9-29-3)18(27)15-12-26(22-20-15)13-10-25(11-13)19(28)17-14-6-4-5-7-16(14)24(2)21-17/h4-7,12-13H,8-11H2,1-3H3. The first-order valence-electron chi connectivity index (χ1n) is 9.37. The summed E-state index contributed by atoms with van der Waals surface area (Å²) in [5, 5.41) is 13.3. The van der Waals surface area contributed by atoms with Gasteiger partial charge in [-0.1, -0.05) is 23.4 Å². The van der Waals surface area contributed by atoms with E-state index in [9.17, 15) is 9.59 Å². The molecular weight excluding hydrogens is 374 g/mol. The fraction of sp³-hybridized carbons (Fsp3) is 0.421. The van der Waals surface area contributed by atoms with Gasteiger partial charge in [0.25, 0.3) is 11.8 Å². The Morgan fingerprint density at radius 1 is 1.28 bits per heavy atom. The first-order valence-corrected chi connectivity index (χ1v) is 9.37. The van der Waals surface area contributed by atoms with Crippen molar-refractivity contribution in [2.24, 2.45) is 7.05 Å². The predicted molar refractivity (Wildman–Crippen MR) is 105 cm³/mol. The van der Waals surface area contributed by atoms with E-state index < -0.39 is 0 Å². The number of hydrogen-bond donors (Lipinski definition) is 0. The second kappa shape index (κ2) is 7.63. The molecule has 4 rings (SSSR count). The zero-order valence-corrected chi connectivity index (χ0v) is 16.6. The number of carbonyl (C=O) groups is 2. The Labute approximate surface area is 167 Å². The number of ether oxygens (including phenoxy) is 1. The lowest BCUT2D eigenvalue weighted by Gasteiger charge is -2.38. The van der Waals surface area contributed by atoms with Crippen LogP contribution >= 0.6 is 0 Å². The number of hydrogen-bond acceptors (Lipinski definition) is 6. The molecule has 0 radical (unpaired) electrons. The van der Waals surface area contributed by atoms with Gasteiger partial charge in [0.05, 0.1) is 24.4 Å². The molecule has 1 aliphatic heterocycles. The Morgan fingerprint density at radius 2 is 2.03 bits per heavy atom. The van der Waals surface area contributed by atoms with Crippen molar-refractivity contribution in [3.05, 3.63) is 41.9 Å². The average molecular weight is 397 g/mol. The molecule has 0 unspecified atom stereocenters. The highest BCUT2D eigenvalue weighted by molar-refractivity contribution is 6.05. The number of likely N-dealkylation sites (N-methyl/N-ethyl adjacent to an activating group) is 1. The molecule has 3 aromatic rings. The lowest BCUT2D eigenvalue weighted by molar-refractivity contribution is 0.0493. The van der Waals surface area contributed by atoms with E-state index in [1.165, 1.54) is 0 Å². The number of para-hydroxylation sites is 1. The van der Waals surface area contributed by atoms with Gasteiger partial charge in [-0.3, -0.25) is 14.3 Å². The highest BCUT2D eigenvalue weighted by Crippen LogP contribution is 2.25. The molecule has 1 aliphatic rings. The van der Waals surface area contributed by atoms with Crippen LogP contribution in [0.25, 0.3) is 10.9 Å². The highest BCUT2D eigenvalue weighted by atomic mass is 16.5. The van der Waals surface area contributed by atoms with Crippen molar-refractivity contribution in [3.63, 3.8) is 0 Å². The van der Waals surface area contributed by atoms with Crippen LogP contribution in [0, 0.1) is 0 Å². The molecule has 0 atom stereocenters. The lowest BCUT2D eigenvalue weighted by atomic mass is 10.1. The number of benzene rings is 1. The second-order valence-corrected chi connectivity index (χ2v) is 7.16. The maximum absolute atomic E-state index is 12.9. The summed E-state index contributed by atoms with van der Waals surface area (Å²) in [6.07, 6.45) is 1.63. The van der Waals surface area contributed by atoms with Crippen molar-refractivity contribution in [3.8, 4) is 0 Å². The van der Waals surface area contributed by atoms with Gasteiger partial charge in [0.2, 0.25) is 0 Å². The molecule has 10 heteroatoms. The topological polar surface area (TPSA) is 98.4 Å². The van der Waals surface area contributed by atoms with Crippen LogP contribution in [0.4, 0.5) is 0 Å². The molecule has 0 saturated carbocycles. The third kappa shape index (κ3) is 3.46. The number of methoxy groups -OCH3 is 1. The molecule has 1 saturated heterocycles. The van der Waals surface area contributed by atoms with Crippen molar-refractivity contribution in [1.82, 2.24) is 34.6 Å². The molecule has 0 bridgehead atoms. The number of carbonyl (C=O) groups excluding carboxylic acids is 2. The third-order valence-corrected chi connectivity index (χ3v) is 5.19. The van der Waals surface area contributed by atoms with E-state index in [2.05, 4.69) is 15.4 Å². The van der Waals surface area contributed by atoms with Gasteiger partial charge < -0.3 is 14.5 Å². The number of aryl methyl sites for hydroxylation is 1. The first-order chi connectivity index (χ1) is 14.0. The number of fused-ring (bicyclic) bond motifs is 1. The fourth-order valence-corrected chi connectivity index (χ4v) is 3.39. The van der Waals surface area contributed by atoms with Gasteiger partial charge in [-0.15, -0.1) is 5.10 Å². The van der Waals surface area contributed by atoms with E-state index in [0.29, 0.717) is 31.9 Å². The molecule has 1 aromatic carbocycles. The third-order valence-electron chi connectivity index (χ3n) is 5.19. The minimum Gasteiger partial charge on any atom is -0.383 e. The maximum atomic E-state index is 12.9. The summed E-state index contributed by atoms with van der Waals surface area (Å²) >= 11 is 0. The highest BCUT2D eigenvalue weighted by Gasteiger charge is 2.35. The van der Waals surface area contributed by atoms with Crippen LogP contribution < -0.4 is 0 Å². The molecule has 0 N–H and O–H groups in total. The van der Waals surface area contributed by atoms with Gasteiger partial charge in [0, 0.05) is 46.2 Å². The van der Waals surface area contributed by atoms with E-state index in [1.807, 2.05) is 31.3 Å². The van der Waals surface area contributed by atoms with Crippen LogP contribution in [0.5, 0.6) is 0 Å². The summed E-state index contributed by atoms with van der Waals surface area (Å²) in [5.74, 6) is -0.311. The van der Waals surface area contributed by atoms with Crippen molar-refractivity contribution in [2.75, 3.05) is 40.4 Å². The Morgan fingerprint density at radius 3 is 2.79 bits per heavy atom. The Kier molecular flexibility index (Phi) is 5.01. The Hall–Kier alpha value is -3.27. The molecular formula is C19H23N7O3. The van der Waals surface area contributed by atoms with E-state index in [0.717, 1.165) is 10.9 Å². The second-order valence-electron chi connectivity index (χ2n) is 7.16. The maximum Gasteiger partial charge on any atom is 0.275 e. The lowest BCUT2D eigenvalue weighted by Crippen LogP contribution is -2.51. The number of likely N-dealkylation sites (tertiary alicyclic amines) is 1. The SMILES string of the molecule is COCCN(C)C(=O)c1cn(C2CN(C(=O)c3nn(C)c4ccccc34)C2)nn1. The number of rotatable bonds is 6. The van der Waals surface area contributed by atoms with Gasteiger partial charge in [0.1, 0.15) is 0 Å². The normalized spacial score (nSPS) is 14.2. The molecule has 2 aromatic heterocycles. The fourth-order valence-electron chi connectivity index (χ4n) is 3.39. The molecule has 29 heavy (non-hydrogen) atoms. The predicted octanol–water partition coefficient (Wildman–Crippen LogP) is 0.580. The van der Waals surface area contributed by atoms with Crippen molar-refractivity contribution in [1.29, 1.82) is 0 Å². The number of nitrogens with zero attached hydrogens (tertiary/aromatic N) is 7. The summed E-state index contributed by atoms with van der Waals surface area (Å²) in [7, 11) is 5.11. The molecule has 1 fully saturated rings. The van der Waals surface area contributed by atoms with Crippen LogP contribution in [0.15, 0.2) is 30.5 Å². The van der Waals surface area contributed by atoms with Gasteiger partial charge in [-0.05, 0) is 6.07 Å². The van der Waals surface area contributed by atoms with E-state index in [-0.39, 0.29) is 23.6 Å². The van der Waals surface area contributed by atoms with E-state index in [4.69, 9.17) is 4.74 Å². The minimum atomic E-state index is -0.208. The van der Waals surface area contributed by atoms with Gasteiger partial charge >= 0.3 is 0 Å². The van der Waals surface area contributed by atoms with E-state index >= 15 is 0 Å². The zero-order chi connectivity index (χ0) is 20.5. The Bertz CT molecular complexity index is 1050. The summed E-state index contributed by atoms with van der Waals surface area (Å²) in [6.45, 7) is 1.94. The van der Waals surface area contributed by atoms with Crippen LogP contribution in [-0.4, -0.2) is 86.8 Å². The van der Waals surface area contributed by atoms with Crippen LogP contribution in [0.2, 0.25) is 0 Å². The van der Waals surface area contributed by atoms with Crippen LogP contribution in [-0.2, 0) is 11.8 Å². The van der Waals surface area contributed by atoms with Crippen molar-refractivity contribution < 1.29 is 14.3 Å². The zero-order valence-electron chi connectivity index (χ0n) is 16.6. The molecule has 0 spiro atoms.